The third-order valence-corrected chi connectivity index (χ3v) is 9.49. The van der Waals surface area contributed by atoms with E-state index in [0.29, 0.717) is 0 Å². The van der Waals surface area contributed by atoms with Crippen molar-refractivity contribution >= 4 is 24.5 Å². The van der Waals surface area contributed by atoms with Gasteiger partial charge in [-0.3, -0.25) is 4.79 Å². The number of hydrogen-bond acceptors (Lipinski definition) is 3. The molecule has 0 aliphatic rings. The minimum Gasteiger partial charge on any atom is -0.398 e. The summed E-state index contributed by atoms with van der Waals surface area (Å²) in [7, 11) is -2.72. The molecule has 0 saturated carbocycles. The van der Waals surface area contributed by atoms with Crippen molar-refractivity contribution in [2.75, 3.05) is 6.61 Å². The van der Waals surface area contributed by atoms with Crippen molar-refractivity contribution < 1.29 is 14.3 Å². The van der Waals surface area contributed by atoms with E-state index < -0.39 is 21.0 Å². The third kappa shape index (κ3) is 3.51. The Balaban J connectivity index is 2.68. The van der Waals surface area contributed by atoms with E-state index in [4.69, 9.17) is 4.43 Å². The van der Waals surface area contributed by atoms with Crippen LogP contribution in [-0.2, 0) is 9.22 Å². The lowest BCUT2D eigenvalue weighted by Gasteiger charge is -2.44. The summed E-state index contributed by atoms with van der Waals surface area (Å²) in [6.45, 7) is 7.72. The Bertz CT molecular complexity index is 623. The summed E-state index contributed by atoms with van der Waals surface area (Å²) in [6, 6.07) is 20.3. The number of benzene rings is 2. The Morgan fingerprint density at radius 1 is 1.00 bits per heavy atom. The minimum atomic E-state index is -2.72. The van der Waals surface area contributed by atoms with Gasteiger partial charge in [0, 0.05) is 0 Å². The van der Waals surface area contributed by atoms with Crippen LogP contribution in [0.3, 0.4) is 0 Å². The first kappa shape index (κ1) is 18.6. The number of aliphatic hydroxyl groups is 1. The Kier molecular flexibility index (Phi) is 5.75. The smallest absolute Gasteiger partial charge is 0.262 e. The van der Waals surface area contributed by atoms with Gasteiger partial charge in [-0.15, -0.1) is 0 Å². The second-order valence-corrected chi connectivity index (χ2v) is 11.3. The third-order valence-electron chi connectivity index (χ3n) is 4.38. The molecular formula is C20H26O3Si. The van der Waals surface area contributed by atoms with Crippen LogP contribution in [0.2, 0.25) is 5.04 Å². The van der Waals surface area contributed by atoms with E-state index in [1.165, 1.54) is 0 Å². The predicted molar refractivity (Wildman–Crippen MR) is 100 cm³/mol. The van der Waals surface area contributed by atoms with Gasteiger partial charge in [0.1, 0.15) is 12.7 Å². The van der Waals surface area contributed by atoms with Crippen molar-refractivity contribution in [3.05, 3.63) is 60.7 Å². The van der Waals surface area contributed by atoms with Crippen LogP contribution in [0.1, 0.15) is 27.7 Å². The molecule has 3 nitrogen and oxygen atoms in total. The Hall–Kier alpha value is -1.75. The van der Waals surface area contributed by atoms with Gasteiger partial charge in [0.05, 0.1) is 0 Å². The van der Waals surface area contributed by atoms with E-state index >= 15 is 0 Å². The van der Waals surface area contributed by atoms with Gasteiger partial charge in [0.15, 0.2) is 5.78 Å². The van der Waals surface area contributed by atoms with Crippen LogP contribution in [0, 0.1) is 0 Å². The lowest BCUT2D eigenvalue weighted by atomic mass is 10.2. The molecule has 24 heavy (non-hydrogen) atoms. The molecule has 2 rings (SSSR count). The molecule has 0 unspecified atom stereocenters. The standard InChI is InChI=1S/C20H26O3Si/c1-16(19(22)15-21)23-24(20(2,3)4,17-11-7-5-8-12-17)18-13-9-6-10-14-18/h5-14,16,21H,15H2,1-4H3/t16-/m1/s1. The zero-order valence-corrected chi connectivity index (χ0v) is 15.8. The van der Waals surface area contributed by atoms with Crippen LogP contribution in [0.4, 0.5) is 0 Å². The molecule has 0 fully saturated rings. The van der Waals surface area contributed by atoms with Gasteiger partial charge in [-0.2, -0.15) is 0 Å². The van der Waals surface area contributed by atoms with Crippen LogP contribution < -0.4 is 10.4 Å². The Morgan fingerprint density at radius 2 is 1.42 bits per heavy atom. The quantitative estimate of drug-likeness (QED) is 0.821. The summed E-state index contributed by atoms with van der Waals surface area (Å²) in [5, 5.41) is 11.3. The normalized spacial score (nSPS) is 13.5. The molecule has 0 bridgehead atoms. The van der Waals surface area contributed by atoms with Crippen LogP contribution in [0.25, 0.3) is 0 Å². The van der Waals surface area contributed by atoms with Gasteiger partial charge in [0.25, 0.3) is 8.32 Å². The molecule has 4 heteroatoms. The highest BCUT2D eigenvalue weighted by atomic mass is 28.4. The van der Waals surface area contributed by atoms with E-state index in [0.717, 1.165) is 10.4 Å². The van der Waals surface area contributed by atoms with Gasteiger partial charge >= 0.3 is 0 Å². The van der Waals surface area contributed by atoms with Gasteiger partial charge in [-0.05, 0) is 22.3 Å². The molecule has 2 aromatic carbocycles. The van der Waals surface area contributed by atoms with Crippen LogP contribution in [0.15, 0.2) is 60.7 Å². The highest BCUT2D eigenvalue weighted by Crippen LogP contribution is 2.37. The van der Waals surface area contributed by atoms with E-state index in [-0.39, 0.29) is 10.8 Å². The molecule has 0 saturated heterocycles. The van der Waals surface area contributed by atoms with Crippen molar-refractivity contribution in [3.63, 3.8) is 0 Å². The highest BCUT2D eigenvalue weighted by Gasteiger charge is 2.51. The average Bonchev–Trinajstić information content (AvgIpc) is 2.59. The van der Waals surface area contributed by atoms with Crippen molar-refractivity contribution in [1.29, 1.82) is 0 Å². The fraction of sp³-hybridized carbons (Fsp3) is 0.350. The number of ketones is 1. The molecule has 0 spiro atoms. The van der Waals surface area contributed by atoms with Crippen LogP contribution >= 0.6 is 0 Å². The molecule has 0 aliphatic carbocycles. The number of aliphatic hydroxyl groups excluding tert-OH is 1. The molecule has 2 aromatic rings. The maximum absolute atomic E-state index is 12.0. The average molecular weight is 343 g/mol. The fourth-order valence-electron chi connectivity index (χ4n) is 3.15. The minimum absolute atomic E-state index is 0.181. The highest BCUT2D eigenvalue weighted by molar-refractivity contribution is 6.99. The molecule has 1 atom stereocenters. The number of carbonyl (C=O) groups excluding carboxylic acids is 1. The van der Waals surface area contributed by atoms with Gasteiger partial charge < -0.3 is 9.53 Å². The monoisotopic (exact) mass is 342 g/mol. The maximum Gasteiger partial charge on any atom is 0.262 e. The Morgan fingerprint density at radius 3 is 1.75 bits per heavy atom. The van der Waals surface area contributed by atoms with E-state index in [9.17, 15) is 9.90 Å². The maximum atomic E-state index is 12.0. The molecule has 0 aromatic heterocycles. The van der Waals surface area contributed by atoms with Crippen molar-refractivity contribution in [2.45, 2.75) is 38.8 Å². The predicted octanol–water partition coefficient (Wildman–Crippen LogP) is 2.51. The summed E-state index contributed by atoms with van der Waals surface area (Å²) < 4.78 is 6.56. The second-order valence-electron chi connectivity index (χ2n) is 7.05. The van der Waals surface area contributed by atoms with E-state index in [1.54, 1.807) is 6.92 Å². The largest absolute Gasteiger partial charge is 0.398 e. The summed E-state index contributed by atoms with van der Waals surface area (Å²) >= 11 is 0. The summed E-state index contributed by atoms with van der Waals surface area (Å²) in [4.78, 5) is 12.0. The molecule has 0 aliphatic heterocycles. The summed E-state index contributed by atoms with van der Waals surface area (Å²) in [6.07, 6.45) is -0.652. The topological polar surface area (TPSA) is 46.5 Å². The fourth-order valence-corrected chi connectivity index (χ4v) is 7.83. The van der Waals surface area contributed by atoms with Crippen LogP contribution in [-0.4, -0.2) is 31.9 Å². The molecule has 128 valence electrons. The first-order chi connectivity index (χ1) is 11.3. The molecule has 1 N–H and O–H groups in total. The number of carbonyl (C=O) groups is 1. The number of hydrogen-bond donors (Lipinski definition) is 1. The summed E-state index contributed by atoms with van der Waals surface area (Å²) in [5.74, 6) is -0.289. The zero-order chi connectivity index (χ0) is 17.8. The lowest BCUT2D eigenvalue weighted by molar-refractivity contribution is -0.128. The summed E-state index contributed by atoms with van der Waals surface area (Å²) in [5.41, 5.74) is 0. The molecular weight excluding hydrogens is 316 g/mol. The molecule has 0 radical (unpaired) electrons. The van der Waals surface area contributed by atoms with Crippen molar-refractivity contribution in [1.82, 2.24) is 0 Å². The van der Waals surface area contributed by atoms with Gasteiger partial charge in [-0.1, -0.05) is 81.4 Å². The first-order valence-electron chi connectivity index (χ1n) is 8.25. The van der Waals surface area contributed by atoms with Crippen molar-refractivity contribution in [3.8, 4) is 0 Å². The first-order valence-corrected chi connectivity index (χ1v) is 10.2. The molecule has 0 heterocycles. The number of Topliss-reactive ketones (excluding diaryl/α,β-unsaturated/α-hetero) is 1. The second kappa shape index (κ2) is 7.43. The van der Waals surface area contributed by atoms with Crippen molar-refractivity contribution in [2.24, 2.45) is 0 Å². The lowest BCUT2D eigenvalue weighted by Crippen LogP contribution is -2.68. The SMILES string of the molecule is C[C@@H](O[Si](c1ccccc1)(c1ccccc1)C(C)(C)C)C(=O)CO. The van der Waals surface area contributed by atoms with E-state index in [1.807, 2.05) is 36.4 Å². The van der Waals surface area contributed by atoms with E-state index in [2.05, 4.69) is 45.0 Å². The Labute approximate surface area is 145 Å². The van der Waals surface area contributed by atoms with Gasteiger partial charge in [0.2, 0.25) is 0 Å². The zero-order valence-electron chi connectivity index (χ0n) is 14.8. The number of rotatable bonds is 6. The molecule has 0 amide bonds. The van der Waals surface area contributed by atoms with Gasteiger partial charge in [-0.25, -0.2) is 0 Å². The van der Waals surface area contributed by atoms with Crippen LogP contribution in [0.5, 0.6) is 0 Å².